The molecule has 3 rings (SSSR count). The lowest BCUT2D eigenvalue weighted by atomic mass is 9.99. The third-order valence-electron chi connectivity index (χ3n) is 4.48. The molecule has 1 heterocycles. The van der Waals surface area contributed by atoms with Crippen molar-refractivity contribution < 1.29 is 28.6 Å². The first-order valence-electron chi connectivity index (χ1n) is 8.57. The van der Waals surface area contributed by atoms with Crippen molar-refractivity contribution >= 4 is 34.8 Å². The smallest absolute Gasteiger partial charge is 0.305 e. The van der Waals surface area contributed by atoms with Crippen LogP contribution in [0.2, 0.25) is 0 Å². The first kappa shape index (κ1) is 19.3. The predicted molar refractivity (Wildman–Crippen MR) is 101 cm³/mol. The summed E-state index contributed by atoms with van der Waals surface area (Å²) in [7, 11) is 1.31. The van der Waals surface area contributed by atoms with Crippen molar-refractivity contribution in [3.8, 4) is 0 Å². The molecule has 1 aliphatic heterocycles. The Labute approximate surface area is 160 Å². The number of rotatable bonds is 4. The van der Waals surface area contributed by atoms with Gasteiger partial charge in [0.2, 0.25) is 5.91 Å². The van der Waals surface area contributed by atoms with Gasteiger partial charge in [-0.25, -0.2) is 9.29 Å². The molecular formula is C21H18FNO5. The lowest BCUT2D eigenvalue weighted by molar-refractivity contribution is -0.140. The quantitative estimate of drug-likeness (QED) is 0.498. The molecule has 28 heavy (non-hydrogen) atoms. The Morgan fingerprint density at radius 1 is 1.18 bits per heavy atom. The zero-order chi connectivity index (χ0) is 20.4. The molecule has 0 radical (unpaired) electrons. The Balaban J connectivity index is 2.05. The maximum Gasteiger partial charge on any atom is 0.305 e. The van der Waals surface area contributed by atoms with Crippen LogP contribution in [0.3, 0.4) is 0 Å². The normalized spacial score (nSPS) is 14.7. The molecule has 0 aromatic heterocycles. The molecule has 2 aromatic carbocycles. The molecule has 6 nitrogen and oxygen atoms in total. The van der Waals surface area contributed by atoms with E-state index in [4.69, 9.17) is 0 Å². The first-order chi connectivity index (χ1) is 13.3. The molecule has 0 unspecified atom stereocenters. The monoisotopic (exact) mass is 383 g/mol. The van der Waals surface area contributed by atoms with Crippen LogP contribution in [0.15, 0.2) is 42.5 Å². The standard InChI is InChI=1S/C21H18FNO5/c1-12(24)23-17-11-15(22)7-8-16(17)19(21(23)27)20(26)14-5-3-4-13(10-14)6-9-18(25)28-2/h3-5,7-8,10-11,26H,6,9H2,1-2H3/b20-19+. The molecule has 1 aliphatic rings. The molecule has 2 amide bonds. The molecule has 0 saturated heterocycles. The number of carbonyl (C=O) groups is 3. The number of hydrogen-bond acceptors (Lipinski definition) is 5. The summed E-state index contributed by atoms with van der Waals surface area (Å²) in [5.41, 5.74) is 1.42. The Bertz CT molecular complexity index is 1010. The summed E-state index contributed by atoms with van der Waals surface area (Å²) in [6, 6.07) is 10.3. The maximum atomic E-state index is 13.6. The largest absolute Gasteiger partial charge is 0.506 e. The predicted octanol–water partition coefficient (Wildman–Crippen LogP) is 3.25. The number of benzene rings is 2. The number of fused-ring (bicyclic) bond motifs is 1. The van der Waals surface area contributed by atoms with E-state index in [0.29, 0.717) is 12.0 Å². The van der Waals surface area contributed by atoms with E-state index < -0.39 is 17.6 Å². The fourth-order valence-electron chi connectivity index (χ4n) is 3.15. The van der Waals surface area contributed by atoms with Crippen LogP contribution in [0.5, 0.6) is 0 Å². The molecule has 0 saturated carbocycles. The molecule has 7 heteroatoms. The van der Waals surface area contributed by atoms with Crippen LogP contribution in [0.4, 0.5) is 10.1 Å². The van der Waals surface area contributed by atoms with Gasteiger partial charge < -0.3 is 9.84 Å². The lowest BCUT2D eigenvalue weighted by Gasteiger charge is -2.12. The zero-order valence-corrected chi connectivity index (χ0v) is 15.4. The molecule has 1 N–H and O–H groups in total. The van der Waals surface area contributed by atoms with Crippen LogP contribution in [-0.2, 0) is 25.5 Å². The highest BCUT2D eigenvalue weighted by molar-refractivity contribution is 6.42. The lowest BCUT2D eigenvalue weighted by Crippen LogP contribution is -2.31. The zero-order valence-electron chi connectivity index (χ0n) is 15.4. The summed E-state index contributed by atoms with van der Waals surface area (Å²) in [5, 5.41) is 10.8. The second-order valence-corrected chi connectivity index (χ2v) is 6.32. The number of nitrogens with zero attached hydrogens (tertiary/aromatic N) is 1. The van der Waals surface area contributed by atoms with Gasteiger partial charge in [-0.05, 0) is 36.2 Å². The summed E-state index contributed by atoms with van der Waals surface area (Å²) in [4.78, 5) is 36.8. The SMILES string of the molecule is COC(=O)CCc1cccc(/C(O)=C2\C(=O)N(C(C)=O)c3cc(F)ccc32)c1. The van der Waals surface area contributed by atoms with Gasteiger partial charge in [0.05, 0.1) is 18.4 Å². The minimum absolute atomic E-state index is 0.0738. The highest BCUT2D eigenvalue weighted by Crippen LogP contribution is 2.40. The average molecular weight is 383 g/mol. The Morgan fingerprint density at radius 3 is 2.61 bits per heavy atom. The second-order valence-electron chi connectivity index (χ2n) is 6.32. The number of methoxy groups -OCH3 is 1. The van der Waals surface area contributed by atoms with E-state index in [2.05, 4.69) is 4.74 Å². The summed E-state index contributed by atoms with van der Waals surface area (Å²) < 4.78 is 18.3. The number of halogens is 1. The molecule has 0 spiro atoms. The average Bonchev–Trinajstić information content (AvgIpc) is 2.96. The van der Waals surface area contributed by atoms with Crippen molar-refractivity contribution in [1.29, 1.82) is 0 Å². The van der Waals surface area contributed by atoms with Gasteiger partial charge in [-0.15, -0.1) is 0 Å². The molecule has 0 bridgehead atoms. The number of aliphatic hydroxyl groups is 1. The fourth-order valence-corrected chi connectivity index (χ4v) is 3.15. The number of hydrogen-bond donors (Lipinski definition) is 1. The Morgan fingerprint density at radius 2 is 1.93 bits per heavy atom. The maximum absolute atomic E-state index is 13.6. The van der Waals surface area contributed by atoms with E-state index in [0.717, 1.165) is 22.6 Å². The third kappa shape index (κ3) is 3.51. The highest BCUT2D eigenvalue weighted by Gasteiger charge is 2.38. The van der Waals surface area contributed by atoms with E-state index in [1.165, 1.54) is 20.1 Å². The number of imide groups is 1. The van der Waals surface area contributed by atoms with Gasteiger partial charge in [0.25, 0.3) is 5.91 Å². The van der Waals surface area contributed by atoms with Gasteiger partial charge in [0, 0.05) is 24.5 Å². The fraction of sp³-hybridized carbons (Fsp3) is 0.190. The highest BCUT2D eigenvalue weighted by atomic mass is 19.1. The summed E-state index contributed by atoms with van der Waals surface area (Å²) in [6.07, 6.45) is 0.578. The first-order valence-corrected chi connectivity index (χ1v) is 8.57. The van der Waals surface area contributed by atoms with Crippen LogP contribution < -0.4 is 4.90 Å². The molecule has 2 aromatic rings. The van der Waals surface area contributed by atoms with Gasteiger partial charge in [-0.1, -0.05) is 18.2 Å². The van der Waals surface area contributed by atoms with Crippen molar-refractivity contribution in [2.45, 2.75) is 19.8 Å². The van der Waals surface area contributed by atoms with Crippen molar-refractivity contribution in [1.82, 2.24) is 0 Å². The van der Waals surface area contributed by atoms with E-state index in [-0.39, 0.29) is 35.0 Å². The Kier molecular flexibility index (Phi) is 5.26. The topological polar surface area (TPSA) is 83.9 Å². The van der Waals surface area contributed by atoms with Crippen molar-refractivity contribution in [3.63, 3.8) is 0 Å². The molecule has 0 aliphatic carbocycles. The number of amides is 2. The van der Waals surface area contributed by atoms with Gasteiger partial charge >= 0.3 is 5.97 Å². The number of ether oxygens (including phenoxy) is 1. The minimum atomic E-state index is -0.717. The van der Waals surface area contributed by atoms with E-state index in [9.17, 15) is 23.9 Å². The number of anilines is 1. The molecule has 0 fully saturated rings. The number of aryl methyl sites for hydroxylation is 1. The summed E-state index contributed by atoms with van der Waals surface area (Å²) in [6.45, 7) is 1.19. The van der Waals surface area contributed by atoms with Gasteiger partial charge in [-0.3, -0.25) is 14.4 Å². The van der Waals surface area contributed by atoms with Crippen LogP contribution in [0.1, 0.15) is 30.0 Å². The molecule has 0 atom stereocenters. The van der Waals surface area contributed by atoms with Gasteiger partial charge in [-0.2, -0.15) is 0 Å². The van der Waals surface area contributed by atoms with Crippen LogP contribution in [-0.4, -0.2) is 30.0 Å². The second kappa shape index (κ2) is 7.64. The van der Waals surface area contributed by atoms with E-state index in [1.807, 2.05) is 0 Å². The van der Waals surface area contributed by atoms with Crippen LogP contribution in [0, 0.1) is 5.82 Å². The minimum Gasteiger partial charge on any atom is -0.506 e. The number of aliphatic hydroxyl groups excluding tert-OH is 1. The van der Waals surface area contributed by atoms with Crippen molar-refractivity contribution in [2.24, 2.45) is 0 Å². The van der Waals surface area contributed by atoms with Crippen LogP contribution in [0.25, 0.3) is 11.3 Å². The Hall–Kier alpha value is -3.48. The van der Waals surface area contributed by atoms with Crippen LogP contribution >= 0.6 is 0 Å². The molecular weight excluding hydrogens is 365 g/mol. The van der Waals surface area contributed by atoms with Crippen molar-refractivity contribution in [3.05, 3.63) is 65.0 Å². The third-order valence-corrected chi connectivity index (χ3v) is 4.48. The molecule has 144 valence electrons. The van der Waals surface area contributed by atoms with E-state index in [1.54, 1.807) is 24.3 Å². The van der Waals surface area contributed by atoms with Gasteiger partial charge in [0.1, 0.15) is 11.6 Å². The van der Waals surface area contributed by atoms with Gasteiger partial charge in [0.15, 0.2) is 0 Å². The number of carbonyl (C=O) groups excluding carboxylic acids is 3. The number of esters is 1. The summed E-state index contributed by atoms with van der Waals surface area (Å²) >= 11 is 0. The van der Waals surface area contributed by atoms with E-state index >= 15 is 0 Å². The summed E-state index contributed by atoms with van der Waals surface area (Å²) in [5.74, 6) is -2.56. The van der Waals surface area contributed by atoms with Crippen molar-refractivity contribution in [2.75, 3.05) is 12.0 Å².